The topological polar surface area (TPSA) is 66.4 Å². The zero-order chi connectivity index (χ0) is 14.3. The van der Waals surface area contributed by atoms with E-state index in [4.69, 9.17) is 0 Å². The predicted octanol–water partition coefficient (Wildman–Crippen LogP) is 2.41. The average Bonchev–Trinajstić information content (AvgIpc) is 2.41. The fourth-order valence-corrected chi connectivity index (χ4v) is 2.04. The van der Waals surface area contributed by atoms with Crippen LogP contribution >= 0.6 is 0 Å². The molecule has 0 spiro atoms. The van der Waals surface area contributed by atoms with Crippen molar-refractivity contribution in [1.29, 1.82) is 0 Å². The third-order valence-electron chi connectivity index (χ3n) is 3.34. The van der Waals surface area contributed by atoms with E-state index in [2.05, 4.69) is 5.32 Å². The van der Waals surface area contributed by atoms with Crippen LogP contribution in [0.1, 0.15) is 38.2 Å². The Morgan fingerprint density at radius 1 is 1.16 bits per heavy atom. The number of rotatable bonds is 7. The fraction of sp³-hybridized carbons (Fsp3) is 0.467. The van der Waals surface area contributed by atoms with E-state index in [0.717, 1.165) is 12.8 Å². The zero-order valence-corrected chi connectivity index (χ0v) is 11.4. The first kappa shape index (κ1) is 15.2. The molecule has 1 aromatic rings. The third-order valence-corrected chi connectivity index (χ3v) is 3.34. The number of hydrogen-bond donors (Lipinski definition) is 2. The van der Waals surface area contributed by atoms with Gasteiger partial charge >= 0.3 is 5.97 Å². The smallest absolute Gasteiger partial charge is 0.312 e. The second-order valence-electron chi connectivity index (χ2n) is 4.56. The fourth-order valence-electron chi connectivity index (χ4n) is 2.04. The highest BCUT2D eigenvalue weighted by Crippen LogP contribution is 2.15. The molecule has 0 saturated heterocycles. The van der Waals surface area contributed by atoms with E-state index >= 15 is 0 Å². The van der Waals surface area contributed by atoms with Crippen LogP contribution in [0.2, 0.25) is 0 Å². The Morgan fingerprint density at radius 3 is 2.21 bits per heavy atom. The van der Waals surface area contributed by atoms with Gasteiger partial charge in [0.1, 0.15) is 0 Å². The van der Waals surface area contributed by atoms with Crippen LogP contribution in [0, 0.1) is 5.92 Å². The van der Waals surface area contributed by atoms with Crippen LogP contribution in [0.4, 0.5) is 0 Å². The van der Waals surface area contributed by atoms with Gasteiger partial charge in [0.05, 0.1) is 5.92 Å². The molecule has 1 rings (SSSR count). The highest BCUT2D eigenvalue weighted by atomic mass is 16.4. The molecule has 1 amide bonds. The lowest BCUT2D eigenvalue weighted by atomic mass is 9.98. The molecule has 0 aromatic heterocycles. The van der Waals surface area contributed by atoms with E-state index in [1.807, 2.05) is 19.9 Å². The molecule has 4 heteroatoms. The Balaban J connectivity index is 2.66. The van der Waals surface area contributed by atoms with E-state index in [1.54, 1.807) is 24.3 Å². The van der Waals surface area contributed by atoms with Crippen molar-refractivity contribution in [1.82, 2.24) is 5.32 Å². The number of carboxylic acid groups (broad SMARTS) is 1. The molecular weight excluding hydrogens is 242 g/mol. The summed E-state index contributed by atoms with van der Waals surface area (Å²) in [7, 11) is 0. The number of carbonyl (C=O) groups excluding carboxylic acids is 1. The minimum atomic E-state index is -0.920. The van der Waals surface area contributed by atoms with Crippen molar-refractivity contribution in [3.8, 4) is 0 Å². The molecule has 0 saturated carbocycles. The van der Waals surface area contributed by atoms with Gasteiger partial charge in [0.2, 0.25) is 5.91 Å². The number of amides is 1. The lowest BCUT2D eigenvalue weighted by molar-refractivity contribution is -0.138. The molecule has 0 heterocycles. The van der Waals surface area contributed by atoms with Crippen molar-refractivity contribution in [3.63, 3.8) is 0 Å². The summed E-state index contributed by atoms with van der Waals surface area (Å²) in [5.41, 5.74) is 0.708. The Labute approximate surface area is 113 Å². The molecule has 2 N–H and O–H groups in total. The first-order valence-electron chi connectivity index (χ1n) is 6.65. The van der Waals surface area contributed by atoms with Crippen molar-refractivity contribution < 1.29 is 14.7 Å². The SMILES string of the molecule is CCC(CC)C(=O)NCC(C(=O)O)c1ccccc1. The Morgan fingerprint density at radius 2 is 1.74 bits per heavy atom. The molecule has 1 atom stereocenters. The normalized spacial score (nSPS) is 12.2. The molecule has 0 aliphatic rings. The summed E-state index contributed by atoms with van der Waals surface area (Å²) in [6, 6.07) is 8.97. The highest BCUT2D eigenvalue weighted by Gasteiger charge is 2.22. The molecule has 0 fully saturated rings. The molecule has 0 aliphatic heterocycles. The summed E-state index contributed by atoms with van der Waals surface area (Å²) >= 11 is 0. The van der Waals surface area contributed by atoms with Gasteiger partial charge in [-0.15, -0.1) is 0 Å². The number of carboxylic acids is 1. The monoisotopic (exact) mass is 263 g/mol. The summed E-state index contributed by atoms with van der Waals surface area (Å²) in [5, 5.41) is 12.0. The van der Waals surface area contributed by atoms with Gasteiger partial charge in [-0.3, -0.25) is 9.59 Å². The number of nitrogens with one attached hydrogen (secondary N) is 1. The summed E-state index contributed by atoms with van der Waals surface area (Å²) in [6.07, 6.45) is 1.54. The minimum Gasteiger partial charge on any atom is -0.481 e. The summed E-state index contributed by atoms with van der Waals surface area (Å²) < 4.78 is 0. The molecule has 0 bridgehead atoms. The van der Waals surface area contributed by atoms with Crippen LogP contribution in [0.3, 0.4) is 0 Å². The Kier molecular flexibility index (Phi) is 6.06. The molecule has 1 aromatic carbocycles. The van der Waals surface area contributed by atoms with Crippen LogP contribution in [-0.2, 0) is 9.59 Å². The lowest BCUT2D eigenvalue weighted by Gasteiger charge is -2.17. The van der Waals surface area contributed by atoms with Gasteiger partial charge in [-0.05, 0) is 18.4 Å². The van der Waals surface area contributed by atoms with E-state index < -0.39 is 11.9 Å². The van der Waals surface area contributed by atoms with Crippen molar-refractivity contribution in [2.24, 2.45) is 5.92 Å². The zero-order valence-electron chi connectivity index (χ0n) is 11.4. The summed E-state index contributed by atoms with van der Waals surface area (Å²) in [6.45, 7) is 4.05. The first-order chi connectivity index (χ1) is 9.10. The molecule has 19 heavy (non-hydrogen) atoms. The van der Waals surface area contributed by atoms with E-state index in [9.17, 15) is 14.7 Å². The van der Waals surface area contributed by atoms with Crippen molar-refractivity contribution >= 4 is 11.9 Å². The standard InChI is InChI=1S/C15H21NO3/c1-3-11(4-2)14(17)16-10-13(15(18)19)12-8-6-5-7-9-12/h5-9,11,13H,3-4,10H2,1-2H3,(H,16,17)(H,18,19). The first-order valence-corrected chi connectivity index (χ1v) is 6.65. The molecule has 104 valence electrons. The van der Waals surface area contributed by atoms with Gasteiger partial charge in [-0.1, -0.05) is 44.2 Å². The van der Waals surface area contributed by atoms with Gasteiger partial charge < -0.3 is 10.4 Å². The van der Waals surface area contributed by atoms with Gasteiger partial charge in [-0.2, -0.15) is 0 Å². The number of benzene rings is 1. The average molecular weight is 263 g/mol. The van der Waals surface area contributed by atoms with Crippen LogP contribution in [0.25, 0.3) is 0 Å². The minimum absolute atomic E-state index is 0.0368. The van der Waals surface area contributed by atoms with Crippen LogP contribution in [0.5, 0.6) is 0 Å². The highest BCUT2D eigenvalue weighted by molar-refractivity contribution is 5.81. The van der Waals surface area contributed by atoms with Gasteiger partial charge in [-0.25, -0.2) is 0 Å². The number of carbonyl (C=O) groups is 2. The maximum absolute atomic E-state index is 11.9. The van der Waals surface area contributed by atoms with Crippen molar-refractivity contribution in [2.45, 2.75) is 32.6 Å². The maximum atomic E-state index is 11.9. The van der Waals surface area contributed by atoms with E-state index in [1.165, 1.54) is 0 Å². The lowest BCUT2D eigenvalue weighted by Crippen LogP contribution is -2.35. The third kappa shape index (κ3) is 4.39. The Bertz CT molecular complexity index is 413. The molecule has 1 unspecified atom stereocenters. The van der Waals surface area contributed by atoms with Crippen LogP contribution in [-0.4, -0.2) is 23.5 Å². The second-order valence-corrected chi connectivity index (χ2v) is 4.56. The van der Waals surface area contributed by atoms with Gasteiger partial charge in [0, 0.05) is 12.5 Å². The van der Waals surface area contributed by atoms with Crippen molar-refractivity contribution in [2.75, 3.05) is 6.54 Å². The molecule has 0 radical (unpaired) electrons. The van der Waals surface area contributed by atoms with Gasteiger partial charge in [0.15, 0.2) is 0 Å². The van der Waals surface area contributed by atoms with Crippen molar-refractivity contribution in [3.05, 3.63) is 35.9 Å². The van der Waals surface area contributed by atoms with Gasteiger partial charge in [0.25, 0.3) is 0 Å². The number of hydrogen-bond acceptors (Lipinski definition) is 2. The second kappa shape index (κ2) is 7.56. The number of aliphatic carboxylic acids is 1. The van der Waals surface area contributed by atoms with Crippen LogP contribution < -0.4 is 5.32 Å². The molecule has 0 aliphatic carbocycles. The van der Waals surface area contributed by atoms with E-state index in [0.29, 0.717) is 5.56 Å². The molecular formula is C15H21NO3. The Hall–Kier alpha value is -1.84. The quantitative estimate of drug-likeness (QED) is 0.794. The predicted molar refractivity (Wildman–Crippen MR) is 73.9 cm³/mol. The maximum Gasteiger partial charge on any atom is 0.312 e. The van der Waals surface area contributed by atoms with E-state index in [-0.39, 0.29) is 18.4 Å². The summed E-state index contributed by atoms with van der Waals surface area (Å²) in [5.74, 6) is -1.71. The molecule has 4 nitrogen and oxygen atoms in total. The summed E-state index contributed by atoms with van der Waals surface area (Å²) in [4.78, 5) is 23.1. The largest absolute Gasteiger partial charge is 0.481 e. The van der Waals surface area contributed by atoms with Crippen LogP contribution in [0.15, 0.2) is 30.3 Å².